The Bertz CT molecular complexity index is 407. The zero-order chi connectivity index (χ0) is 8.84. The Morgan fingerprint density at radius 3 is 3.38 bits per heavy atom. The molecule has 2 aliphatic rings. The number of rotatable bonds is 0. The highest BCUT2D eigenvalue weighted by Crippen LogP contribution is 2.23. The quantitative estimate of drug-likeness (QED) is 0.615. The summed E-state index contributed by atoms with van der Waals surface area (Å²) in [4.78, 5) is 10.9. The molecule has 5 nitrogen and oxygen atoms in total. The molecule has 3 heterocycles. The van der Waals surface area contributed by atoms with Gasteiger partial charge in [0.05, 0.1) is 5.70 Å². The Kier molecular flexibility index (Phi) is 1.05. The largest absolute Gasteiger partial charge is 0.419 e. The van der Waals surface area contributed by atoms with Crippen molar-refractivity contribution in [3.05, 3.63) is 24.0 Å². The van der Waals surface area contributed by atoms with Crippen molar-refractivity contribution in [1.29, 1.82) is 0 Å². The molecule has 1 unspecified atom stereocenters. The molecule has 1 atom stereocenters. The van der Waals surface area contributed by atoms with E-state index in [9.17, 15) is 4.79 Å². The molecule has 13 heavy (non-hydrogen) atoms. The minimum Gasteiger partial charge on any atom is -0.419 e. The van der Waals surface area contributed by atoms with Gasteiger partial charge in [0.25, 0.3) is 0 Å². The van der Waals surface area contributed by atoms with Crippen molar-refractivity contribution in [2.75, 3.05) is 5.32 Å². The van der Waals surface area contributed by atoms with Crippen LogP contribution in [0.1, 0.15) is 0 Å². The molecule has 66 valence electrons. The number of amides is 1. The van der Waals surface area contributed by atoms with Crippen molar-refractivity contribution in [2.45, 2.75) is 6.23 Å². The van der Waals surface area contributed by atoms with E-state index in [1.54, 1.807) is 0 Å². The van der Waals surface area contributed by atoms with Gasteiger partial charge in [-0.1, -0.05) is 0 Å². The van der Waals surface area contributed by atoms with Crippen LogP contribution in [0.2, 0.25) is 0 Å². The number of aromatic nitrogens is 1. The number of nitrogens with one attached hydrogen (secondary N) is 2. The molecule has 0 aromatic carbocycles. The number of hydrogen-bond acceptors (Lipinski definition) is 3. The fourth-order valence-corrected chi connectivity index (χ4v) is 1.50. The summed E-state index contributed by atoms with van der Waals surface area (Å²) >= 11 is 0. The summed E-state index contributed by atoms with van der Waals surface area (Å²) in [5, 5.41) is 5.66. The fourth-order valence-electron chi connectivity index (χ4n) is 1.50. The lowest BCUT2D eigenvalue weighted by Gasteiger charge is -2.19. The van der Waals surface area contributed by atoms with Gasteiger partial charge < -0.3 is 14.6 Å². The number of carbonyl (C=O) groups excluding carboxylic acids is 1. The molecule has 1 aromatic heterocycles. The molecule has 0 saturated carbocycles. The number of carbonyl (C=O) groups is 1. The second-order valence-corrected chi connectivity index (χ2v) is 2.94. The molecule has 5 heteroatoms. The maximum absolute atomic E-state index is 10.9. The van der Waals surface area contributed by atoms with Crippen molar-refractivity contribution in [2.24, 2.45) is 0 Å². The molecule has 0 bridgehead atoms. The SMILES string of the molecule is O=C1NC2=Cn3cccc3NC2O1. The molecule has 1 fully saturated rings. The molecule has 2 N–H and O–H groups in total. The Labute approximate surface area is 74.0 Å². The summed E-state index contributed by atoms with van der Waals surface area (Å²) < 4.78 is 6.84. The third-order valence-corrected chi connectivity index (χ3v) is 2.09. The van der Waals surface area contributed by atoms with Gasteiger partial charge in [0.15, 0.2) is 0 Å². The third-order valence-electron chi connectivity index (χ3n) is 2.09. The summed E-state index contributed by atoms with van der Waals surface area (Å²) in [6.07, 6.45) is 2.97. The van der Waals surface area contributed by atoms with E-state index in [0.717, 1.165) is 11.5 Å². The van der Waals surface area contributed by atoms with E-state index >= 15 is 0 Å². The average Bonchev–Trinajstić information content (AvgIpc) is 2.63. The van der Waals surface area contributed by atoms with Crippen LogP contribution in [-0.4, -0.2) is 16.9 Å². The molecule has 2 aliphatic heterocycles. The third kappa shape index (κ3) is 0.837. The minimum absolute atomic E-state index is 0.352. The van der Waals surface area contributed by atoms with Gasteiger partial charge in [0.2, 0.25) is 6.23 Å². The summed E-state index contributed by atoms with van der Waals surface area (Å²) in [6.45, 7) is 0. The van der Waals surface area contributed by atoms with Crippen LogP contribution in [0.5, 0.6) is 0 Å². The van der Waals surface area contributed by atoms with Gasteiger partial charge in [-0.05, 0) is 12.1 Å². The first-order valence-corrected chi connectivity index (χ1v) is 3.96. The number of anilines is 1. The van der Waals surface area contributed by atoms with Crippen LogP contribution in [0, 0.1) is 0 Å². The maximum Gasteiger partial charge on any atom is 0.413 e. The Morgan fingerprint density at radius 1 is 1.54 bits per heavy atom. The lowest BCUT2D eigenvalue weighted by molar-refractivity contribution is 0.154. The van der Waals surface area contributed by atoms with Crippen LogP contribution >= 0.6 is 0 Å². The highest BCUT2D eigenvalue weighted by atomic mass is 16.6. The average molecular weight is 177 g/mol. The Hall–Kier alpha value is -1.91. The van der Waals surface area contributed by atoms with E-state index in [4.69, 9.17) is 4.74 Å². The van der Waals surface area contributed by atoms with E-state index in [0.29, 0.717) is 0 Å². The Morgan fingerprint density at radius 2 is 2.46 bits per heavy atom. The predicted molar refractivity (Wildman–Crippen MR) is 45.7 cm³/mol. The number of hydrogen-bond donors (Lipinski definition) is 2. The molecule has 0 aliphatic carbocycles. The van der Waals surface area contributed by atoms with E-state index < -0.39 is 6.09 Å². The molecule has 1 saturated heterocycles. The van der Waals surface area contributed by atoms with Gasteiger partial charge in [-0.3, -0.25) is 5.32 Å². The first kappa shape index (κ1) is 6.59. The van der Waals surface area contributed by atoms with Crippen LogP contribution < -0.4 is 10.6 Å². The normalized spacial score (nSPS) is 23.5. The topological polar surface area (TPSA) is 55.3 Å². The van der Waals surface area contributed by atoms with Crippen LogP contribution in [0.25, 0.3) is 6.20 Å². The molecule has 1 amide bonds. The van der Waals surface area contributed by atoms with Crippen molar-refractivity contribution in [3.8, 4) is 0 Å². The first-order valence-electron chi connectivity index (χ1n) is 3.96. The summed E-state index contributed by atoms with van der Waals surface area (Å²) in [6, 6.07) is 3.84. The molecule has 1 aromatic rings. The van der Waals surface area contributed by atoms with Gasteiger partial charge >= 0.3 is 6.09 Å². The highest BCUT2D eigenvalue weighted by molar-refractivity contribution is 5.77. The fraction of sp³-hybridized carbons (Fsp3) is 0.125. The molecule has 0 radical (unpaired) electrons. The van der Waals surface area contributed by atoms with Crippen molar-refractivity contribution in [1.82, 2.24) is 9.88 Å². The van der Waals surface area contributed by atoms with Crippen LogP contribution in [0.15, 0.2) is 24.0 Å². The van der Waals surface area contributed by atoms with Crippen LogP contribution in [-0.2, 0) is 4.74 Å². The Balaban J connectivity index is 2.07. The summed E-state index contributed by atoms with van der Waals surface area (Å²) in [5.41, 5.74) is 0.744. The number of nitrogens with zero attached hydrogens (tertiary/aromatic N) is 1. The molecule has 3 rings (SSSR count). The number of alkyl carbamates (subject to hydrolysis) is 1. The van der Waals surface area contributed by atoms with Gasteiger partial charge in [0, 0.05) is 12.4 Å². The monoisotopic (exact) mass is 177 g/mol. The zero-order valence-corrected chi connectivity index (χ0v) is 6.65. The van der Waals surface area contributed by atoms with Gasteiger partial charge in [-0.2, -0.15) is 0 Å². The number of fused-ring (bicyclic) bond motifs is 2. The molecular weight excluding hydrogens is 170 g/mol. The van der Waals surface area contributed by atoms with Gasteiger partial charge in [-0.15, -0.1) is 0 Å². The first-order chi connectivity index (χ1) is 6.33. The van der Waals surface area contributed by atoms with Crippen LogP contribution in [0.3, 0.4) is 0 Å². The van der Waals surface area contributed by atoms with Crippen molar-refractivity contribution < 1.29 is 9.53 Å². The summed E-state index contributed by atoms with van der Waals surface area (Å²) in [7, 11) is 0. The highest BCUT2D eigenvalue weighted by Gasteiger charge is 2.31. The minimum atomic E-state index is -0.408. The summed E-state index contributed by atoms with van der Waals surface area (Å²) in [5.74, 6) is 0.922. The van der Waals surface area contributed by atoms with Gasteiger partial charge in [0.1, 0.15) is 5.82 Å². The maximum atomic E-state index is 10.9. The lowest BCUT2D eigenvalue weighted by atomic mass is 10.3. The van der Waals surface area contributed by atoms with E-state index in [2.05, 4.69) is 10.6 Å². The number of ether oxygens (including phenoxy) is 1. The predicted octanol–water partition coefficient (Wildman–Crippen LogP) is 0.778. The second kappa shape index (κ2) is 2.07. The van der Waals surface area contributed by atoms with Crippen LogP contribution in [0.4, 0.5) is 10.6 Å². The lowest BCUT2D eigenvalue weighted by Crippen LogP contribution is -2.26. The molecular formula is C8H7N3O2. The van der Waals surface area contributed by atoms with Gasteiger partial charge in [-0.25, -0.2) is 4.79 Å². The smallest absolute Gasteiger partial charge is 0.413 e. The van der Waals surface area contributed by atoms with E-state index in [1.165, 1.54) is 0 Å². The zero-order valence-electron chi connectivity index (χ0n) is 6.65. The second-order valence-electron chi connectivity index (χ2n) is 2.94. The standard InChI is InChI=1S/C8H7N3O2/c12-8-9-5-4-11-3-1-2-6(11)10-7(5)13-8/h1-4,7,10H,(H,9,12). The van der Waals surface area contributed by atoms with Crippen molar-refractivity contribution >= 4 is 18.1 Å². The van der Waals surface area contributed by atoms with Crippen molar-refractivity contribution in [3.63, 3.8) is 0 Å². The van der Waals surface area contributed by atoms with E-state index in [1.807, 2.05) is 29.1 Å². The van der Waals surface area contributed by atoms with E-state index in [-0.39, 0.29) is 6.23 Å². The molecule has 0 spiro atoms.